The molecule has 2 aromatic rings. The minimum atomic E-state index is -1.45. The van der Waals surface area contributed by atoms with Crippen molar-refractivity contribution in [2.24, 2.45) is 17.3 Å². The Hall–Kier alpha value is -3.52. The highest BCUT2D eigenvalue weighted by atomic mass is 19.1. The van der Waals surface area contributed by atoms with Gasteiger partial charge in [0.15, 0.2) is 0 Å². The molecule has 7 heteroatoms. The zero-order valence-corrected chi connectivity index (χ0v) is 36.7. The SMILES string of the molecule is C=C(C)COCCCc1cc(-c2ccc(C3=CC=C(C4CCC(CCCCC)CC4)CC3(C)F)c(CC)c2)cc(CCCOC(=O)C(=C)C)c1OCC(C)(CO)CO. The number of carbonyl (C=O) groups is 1. The van der Waals surface area contributed by atoms with Crippen LogP contribution < -0.4 is 4.74 Å². The van der Waals surface area contributed by atoms with Crippen molar-refractivity contribution in [1.82, 2.24) is 0 Å². The van der Waals surface area contributed by atoms with Gasteiger partial charge in [0.25, 0.3) is 0 Å². The molecule has 1 unspecified atom stereocenters. The molecule has 0 amide bonds. The van der Waals surface area contributed by atoms with E-state index in [1.165, 1.54) is 56.9 Å². The average Bonchev–Trinajstić information content (AvgIpc) is 3.21. The first-order chi connectivity index (χ1) is 27.7. The topological polar surface area (TPSA) is 85.2 Å². The summed E-state index contributed by atoms with van der Waals surface area (Å²) in [5, 5.41) is 20.1. The number of aliphatic hydroxyl groups excluding tert-OH is 2. The highest BCUT2D eigenvalue weighted by molar-refractivity contribution is 5.87. The van der Waals surface area contributed by atoms with Gasteiger partial charge in [0.1, 0.15) is 11.4 Å². The summed E-state index contributed by atoms with van der Waals surface area (Å²) in [5.41, 5.74) is 7.11. The van der Waals surface area contributed by atoms with Crippen LogP contribution in [0.15, 0.2) is 72.4 Å². The van der Waals surface area contributed by atoms with Crippen LogP contribution in [0.4, 0.5) is 4.39 Å². The zero-order chi connectivity index (χ0) is 42.3. The lowest BCUT2D eigenvalue weighted by Gasteiger charge is -2.36. The second kappa shape index (κ2) is 22.7. The van der Waals surface area contributed by atoms with E-state index in [1.807, 2.05) is 6.92 Å². The Morgan fingerprint density at radius 2 is 1.55 bits per heavy atom. The molecule has 0 radical (unpaired) electrons. The Labute approximate surface area is 349 Å². The van der Waals surface area contributed by atoms with Crippen molar-refractivity contribution >= 4 is 11.5 Å². The molecule has 0 aliphatic heterocycles. The van der Waals surface area contributed by atoms with E-state index >= 15 is 4.39 Å². The third kappa shape index (κ3) is 13.5. The van der Waals surface area contributed by atoms with Crippen molar-refractivity contribution in [1.29, 1.82) is 0 Å². The van der Waals surface area contributed by atoms with Crippen LogP contribution in [0, 0.1) is 17.3 Å². The number of hydrogen-bond acceptors (Lipinski definition) is 6. The van der Waals surface area contributed by atoms with Gasteiger partial charge < -0.3 is 24.4 Å². The van der Waals surface area contributed by atoms with Crippen molar-refractivity contribution in [3.8, 4) is 16.9 Å². The Morgan fingerprint density at radius 1 is 0.897 bits per heavy atom. The van der Waals surface area contributed by atoms with Crippen molar-refractivity contribution in [2.45, 2.75) is 137 Å². The second-order valence-electron chi connectivity index (χ2n) is 17.8. The number of hydrogen-bond donors (Lipinski definition) is 2. The summed E-state index contributed by atoms with van der Waals surface area (Å²) in [4.78, 5) is 12.1. The van der Waals surface area contributed by atoms with Crippen LogP contribution in [0.1, 0.15) is 134 Å². The van der Waals surface area contributed by atoms with Gasteiger partial charge in [-0.05, 0) is 141 Å². The lowest BCUT2D eigenvalue weighted by Crippen LogP contribution is -2.33. The Morgan fingerprint density at radius 3 is 2.14 bits per heavy atom. The highest BCUT2D eigenvalue weighted by Crippen LogP contribution is 2.46. The fraction of sp³-hybridized carbons (Fsp3) is 0.588. The Kier molecular flexibility index (Phi) is 18.5. The molecule has 2 aliphatic carbocycles. The van der Waals surface area contributed by atoms with E-state index < -0.39 is 17.1 Å². The minimum absolute atomic E-state index is 0.123. The summed E-state index contributed by atoms with van der Waals surface area (Å²) < 4.78 is 34.7. The lowest BCUT2D eigenvalue weighted by molar-refractivity contribution is -0.139. The number of alkyl halides is 1. The van der Waals surface area contributed by atoms with E-state index in [4.69, 9.17) is 14.2 Å². The van der Waals surface area contributed by atoms with Crippen LogP contribution in [-0.4, -0.2) is 61.5 Å². The van der Waals surface area contributed by atoms with E-state index in [2.05, 4.69) is 69.5 Å². The molecule has 320 valence electrons. The summed E-state index contributed by atoms with van der Waals surface area (Å²) in [5.74, 6) is 1.61. The molecule has 0 bridgehead atoms. The number of unbranched alkanes of at least 4 members (excludes halogenated alkanes) is 2. The predicted octanol–water partition coefficient (Wildman–Crippen LogP) is 11.7. The lowest BCUT2D eigenvalue weighted by atomic mass is 9.71. The summed E-state index contributed by atoms with van der Waals surface area (Å²) in [6.07, 6.45) is 18.2. The van der Waals surface area contributed by atoms with Gasteiger partial charge in [0, 0.05) is 24.0 Å². The van der Waals surface area contributed by atoms with Gasteiger partial charge in [-0.25, -0.2) is 9.18 Å². The summed E-state index contributed by atoms with van der Waals surface area (Å²) in [6, 6.07) is 10.7. The summed E-state index contributed by atoms with van der Waals surface area (Å²) in [6.45, 7) is 20.1. The molecule has 2 aliphatic rings. The number of aliphatic hydroxyl groups is 2. The second-order valence-corrected chi connectivity index (χ2v) is 17.8. The van der Waals surface area contributed by atoms with Crippen LogP contribution in [-0.2, 0) is 33.5 Å². The third-order valence-electron chi connectivity index (χ3n) is 12.1. The molecule has 0 heterocycles. The van der Waals surface area contributed by atoms with Gasteiger partial charge in [-0.2, -0.15) is 0 Å². The maximum atomic E-state index is 16.9. The first-order valence-corrected chi connectivity index (χ1v) is 22.0. The molecule has 58 heavy (non-hydrogen) atoms. The van der Waals surface area contributed by atoms with Gasteiger partial charge in [-0.15, -0.1) is 0 Å². The average molecular weight is 801 g/mol. The van der Waals surface area contributed by atoms with E-state index in [-0.39, 0.29) is 26.4 Å². The van der Waals surface area contributed by atoms with E-state index in [9.17, 15) is 15.0 Å². The maximum absolute atomic E-state index is 16.9. The minimum Gasteiger partial charge on any atom is -0.492 e. The number of esters is 1. The zero-order valence-electron chi connectivity index (χ0n) is 36.7. The first kappa shape index (κ1) is 47.2. The van der Waals surface area contributed by atoms with Crippen LogP contribution in [0.3, 0.4) is 0 Å². The number of allylic oxidation sites excluding steroid dienone is 4. The molecule has 0 spiro atoms. The van der Waals surface area contributed by atoms with Crippen molar-refractivity contribution in [2.75, 3.05) is 39.6 Å². The quantitative estimate of drug-likeness (QED) is 0.0476. The van der Waals surface area contributed by atoms with Crippen molar-refractivity contribution < 1.29 is 33.6 Å². The highest BCUT2D eigenvalue weighted by Gasteiger charge is 2.37. The standard InChI is InChI=1S/C51H73FO6/c1-9-11-12-15-38-18-20-40(21-19-38)44-23-25-47(51(8,52)31-44)46-24-22-41(28-39(46)10-2)45-29-42(16-13-26-56-32-36(3)4)48(58-35-50(7,33-53)34-54)43(30-45)17-14-27-57-49(55)37(5)6/h22-25,28-30,38,40,53-54H,3,5,9-21,26-27,31-35H2,1-2,4,6-8H3. The number of benzene rings is 2. The Bertz CT molecular complexity index is 1740. The number of rotatable bonds is 24. The number of ether oxygens (including phenoxy) is 3. The monoisotopic (exact) mass is 801 g/mol. The first-order valence-electron chi connectivity index (χ1n) is 22.0. The van der Waals surface area contributed by atoms with Crippen molar-refractivity contribution in [3.05, 3.63) is 94.6 Å². The molecule has 2 N–H and O–H groups in total. The van der Waals surface area contributed by atoms with Crippen LogP contribution in [0.25, 0.3) is 16.7 Å². The fourth-order valence-electron chi connectivity index (χ4n) is 8.41. The van der Waals surface area contributed by atoms with Gasteiger partial charge in [0.2, 0.25) is 0 Å². The number of carbonyl (C=O) groups excluding carboxylic acids is 1. The normalized spacial score (nSPS) is 19.7. The predicted molar refractivity (Wildman–Crippen MR) is 237 cm³/mol. The molecule has 0 saturated heterocycles. The Balaban J connectivity index is 1.67. The van der Waals surface area contributed by atoms with Crippen LogP contribution >= 0.6 is 0 Å². The summed E-state index contributed by atoms with van der Waals surface area (Å²) in [7, 11) is 0. The van der Waals surface area contributed by atoms with Gasteiger partial charge in [-0.3, -0.25) is 0 Å². The summed E-state index contributed by atoms with van der Waals surface area (Å²) >= 11 is 0. The van der Waals surface area contributed by atoms with E-state index in [0.717, 1.165) is 63.3 Å². The van der Waals surface area contributed by atoms with Crippen LogP contribution in [0.5, 0.6) is 5.75 Å². The smallest absolute Gasteiger partial charge is 0.333 e. The molecule has 1 atom stereocenters. The van der Waals surface area contributed by atoms with Crippen molar-refractivity contribution in [3.63, 3.8) is 0 Å². The van der Waals surface area contributed by atoms with Gasteiger partial charge in [-0.1, -0.05) is 101 Å². The third-order valence-corrected chi connectivity index (χ3v) is 12.1. The number of halogens is 1. The largest absolute Gasteiger partial charge is 0.492 e. The van der Waals surface area contributed by atoms with Crippen LogP contribution in [0.2, 0.25) is 0 Å². The molecule has 1 fully saturated rings. The molecular weight excluding hydrogens is 728 g/mol. The van der Waals surface area contributed by atoms with E-state index in [1.54, 1.807) is 20.8 Å². The fourth-order valence-corrected chi connectivity index (χ4v) is 8.41. The van der Waals surface area contributed by atoms with Gasteiger partial charge in [0.05, 0.1) is 33.0 Å². The van der Waals surface area contributed by atoms with Gasteiger partial charge >= 0.3 is 5.97 Å². The molecule has 0 aromatic heterocycles. The maximum Gasteiger partial charge on any atom is 0.333 e. The number of aryl methyl sites for hydroxylation is 3. The molecule has 4 rings (SSSR count). The van der Waals surface area contributed by atoms with E-state index in [0.29, 0.717) is 56.1 Å². The molecule has 1 saturated carbocycles. The molecule has 2 aromatic carbocycles. The molecule has 6 nitrogen and oxygen atoms in total. The molecular formula is C51H73FO6.